The molecular weight excluding hydrogens is 544 g/mol. The van der Waals surface area contributed by atoms with E-state index in [9.17, 15) is 12.8 Å². The van der Waals surface area contributed by atoms with E-state index in [2.05, 4.69) is 26.4 Å². The van der Waals surface area contributed by atoms with Crippen LogP contribution in [-0.2, 0) is 10.0 Å². The van der Waals surface area contributed by atoms with Gasteiger partial charge in [0.25, 0.3) is 0 Å². The zero-order valence-electron chi connectivity index (χ0n) is 22.7. The highest BCUT2D eigenvalue weighted by Crippen LogP contribution is 2.45. The van der Waals surface area contributed by atoms with Crippen LogP contribution in [0.25, 0.3) is 4.91 Å². The van der Waals surface area contributed by atoms with Gasteiger partial charge in [-0.15, -0.1) is 0 Å². The van der Waals surface area contributed by atoms with Crippen molar-refractivity contribution in [3.63, 3.8) is 0 Å². The summed E-state index contributed by atoms with van der Waals surface area (Å²) >= 11 is 1.51. The molecule has 2 aromatic rings. The summed E-state index contributed by atoms with van der Waals surface area (Å²) in [6.07, 6.45) is 3.95. The summed E-state index contributed by atoms with van der Waals surface area (Å²) < 4.78 is 62.4. The zero-order valence-corrected chi connectivity index (χ0v) is 24.3. The average molecular weight is 580 g/mol. The number of thioether (sulfide) groups is 1. The molecular formula is C27H35F2N5O3S2. The minimum absolute atomic E-state index is 0.0796. The maximum absolute atomic E-state index is 15.3. The topological polar surface area (TPSA) is 105 Å². The van der Waals surface area contributed by atoms with Crippen LogP contribution < -0.4 is 20.1 Å². The van der Waals surface area contributed by atoms with Crippen LogP contribution in [0.4, 0.5) is 20.4 Å². The normalized spacial score (nSPS) is 22.1. The lowest BCUT2D eigenvalue weighted by Gasteiger charge is -2.27. The molecule has 3 atom stereocenters. The number of ether oxygens (including phenoxy) is 1. The van der Waals surface area contributed by atoms with Gasteiger partial charge in [0, 0.05) is 43.2 Å². The number of sulfonamides is 1. The van der Waals surface area contributed by atoms with E-state index < -0.39 is 27.3 Å². The molecule has 1 aromatic carbocycles. The summed E-state index contributed by atoms with van der Waals surface area (Å²) in [5, 5.41) is 5.58. The molecule has 39 heavy (non-hydrogen) atoms. The fourth-order valence-electron chi connectivity index (χ4n) is 4.36. The van der Waals surface area contributed by atoms with E-state index in [-0.39, 0.29) is 29.0 Å². The monoisotopic (exact) mass is 579 g/mol. The van der Waals surface area contributed by atoms with Crippen molar-refractivity contribution in [2.45, 2.75) is 64.9 Å². The largest absolute Gasteiger partial charge is 0.459 e. The van der Waals surface area contributed by atoms with Gasteiger partial charge in [-0.25, -0.2) is 27.2 Å². The highest BCUT2D eigenvalue weighted by molar-refractivity contribution is 8.11. The van der Waals surface area contributed by atoms with E-state index >= 15 is 4.39 Å². The van der Waals surface area contributed by atoms with Crippen LogP contribution >= 0.6 is 11.8 Å². The number of nitrogens with zero attached hydrogens (tertiary/aromatic N) is 2. The first-order valence-electron chi connectivity index (χ1n) is 13.0. The summed E-state index contributed by atoms with van der Waals surface area (Å²) in [6.45, 7) is 9.62. The highest BCUT2D eigenvalue weighted by atomic mass is 32.2. The molecule has 212 valence electrons. The molecule has 0 spiro atoms. The predicted octanol–water partition coefficient (Wildman–Crippen LogP) is 5.61. The van der Waals surface area contributed by atoms with E-state index in [1.807, 2.05) is 13.8 Å². The maximum Gasteiger partial charge on any atom is 0.235 e. The highest BCUT2D eigenvalue weighted by Gasteiger charge is 2.28. The average Bonchev–Trinajstić information content (AvgIpc) is 2.89. The molecule has 4 rings (SSSR count). The Morgan fingerprint density at radius 3 is 2.69 bits per heavy atom. The van der Waals surface area contributed by atoms with Crippen molar-refractivity contribution < 1.29 is 21.9 Å². The molecule has 2 aliphatic heterocycles. The van der Waals surface area contributed by atoms with Gasteiger partial charge in [-0.1, -0.05) is 24.8 Å². The number of rotatable bonds is 9. The Morgan fingerprint density at radius 1 is 1.23 bits per heavy atom. The van der Waals surface area contributed by atoms with Crippen LogP contribution in [-0.4, -0.2) is 48.9 Å². The first kappa shape index (κ1) is 29.3. The quantitative estimate of drug-likeness (QED) is 0.352. The summed E-state index contributed by atoms with van der Waals surface area (Å²) in [4.78, 5) is 10.9. The van der Waals surface area contributed by atoms with Crippen molar-refractivity contribution in [3.8, 4) is 5.75 Å². The van der Waals surface area contributed by atoms with Gasteiger partial charge in [-0.3, -0.25) is 4.72 Å². The second-order valence-corrected chi connectivity index (χ2v) is 13.5. The summed E-state index contributed by atoms with van der Waals surface area (Å²) in [5.74, 6) is 0.533. The number of halogens is 2. The first-order valence-corrected chi connectivity index (χ1v) is 15.4. The van der Waals surface area contributed by atoms with Crippen molar-refractivity contribution in [2.24, 2.45) is 5.92 Å². The lowest BCUT2D eigenvalue weighted by Crippen LogP contribution is -2.44. The molecule has 1 saturated heterocycles. The van der Waals surface area contributed by atoms with E-state index in [1.54, 1.807) is 25.3 Å². The van der Waals surface area contributed by atoms with Crippen LogP contribution in [0.1, 0.15) is 51.8 Å². The van der Waals surface area contributed by atoms with E-state index in [0.29, 0.717) is 36.9 Å². The molecule has 1 aromatic heterocycles. The minimum atomic E-state index is -3.71. The molecule has 1 fully saturated rings. The Bertz CT molecular complexity index is 1380. The molecule has 2 aliphatic rings. The Kier molecular flexibility index (Phi) is 9.18. The van der Waals surface area contributed by atoms with Crippen molar-refractivity contribution in [2.75, 3.05) is 23.1 Å². The molecule has 1 unspecified atom stereocenters. The predicted molar refractivity (Wildman–Crippen MR) is 153 cm³/mol. The van der Waals surface area contributed by atoms with E-state index in [4.69, 9.17) is 9.72 Å². The van der Waals surface area contributed by atoms with Gasteiger partial charge >= 0.3 is 0 Å². The Balaban J connectivity index is 1.67. The first-order chi connectivity index (χ1) is 18.5. The number of benzene rings is 1. The number of nitrogens with one attached hydrogen (secondary N) is 3. The van der Waals surface area contributed by atoms with Crippen LogP contribution in [0.15, 0.2) is 41.1 Å². The molecule has 12 heteroatoms. The van der Waals surface area contributed by atoms with E-state index in [1.165, 1.54) is 31.7 Å². The number of allylic oxidation sites excluding steroid dienone is 2. The minimum Gasteiger partial charge on any atom is -0.459 e. The van der Waals surface area contributed by atoms with Crippen molar-refractivity contribution >= 4 is 38.3 Å². The van der Waals surface area contributed by atoms with Gasteiger partial charge in [0.1, 0.15) is 17.7 Å². The van der Waals surface area contributed by atoms with Crippen molar-refractivity contribution in [3.05, 3.63) is 58.2 Å². The van der Waals surface area contributed by atoms with Gasteiger partial charge in [0.2, 0.25) is 16.0 Å². The van der Waals surface area contributed by atoms with Gasteiger partial charge in [-0.2, -0.15) is 0 Å². The van der Waals surface area contributed by atoms with Crippen LogP contribution in [0.5, 0.6) is 5.75 Å². The Morgan fingerprint density at radius 2 is 2.00 bits per heavy atom. The second-order valence-electron chi connectivity index (χ2n) is 10.0. The number of anilines is 2. The number of hydrogen-bond donors (Lipinski definition) is 3. The number of aromatic nitrogens is 2. The standard InChI is InChI=1S/C27H35F2N5O3S2/c1-6-18-11-16(4)38-26(22-9-10-31-27(33-22)32-20-12-19(28)13-30-14-20)25(18)37-23-8-7-21(24(29)17(23)5)34-39(35,36)15(2)3/h7-11,15,18-20,30,34H,6,12-14H2,1-5H3,(H,31,32,33)/t18?,19-,20-/m0/s1. The van der Waals surface area contributed by atoms with Gasteiger partial charge in [-0.05, 0) is 57.2 Å². The summed E-state index contributed by atoms with van der Waals surface area (Å²) in [5.41, 5.74) is 0.703. The fourth-order valence-corrected chi connectivity index (χ4v) is 6.13. The van der Waals surface area contributed by atoms with Gasteiger partial charge in [0.05, 0.1) is 21.5 Å². The number of alkyl halides is 1. The smallest absolute Gasteiger partial charge is 0.235 e. The van der Waals surface area contributed by atoms with Crippen LogP contribution in [0, 0.1) is 18.7 Å². The lowest BCUT2D eigenvalue weighted by atomic mass is 10.0. The Hall–Kier alpha value is -2.70. The second kappa shape index (κ2) is 12.2. The summed E-state index contributed by atoms with van der Waals surface area (Å²) in [6, 6.07) is 4.60. The molecule has 0 saturated carbocycles. The molecule has 0 amide bonds. The fraction of sp³-hybridized carbons (Fsp3) is 0.481. The molecule has 3 N–H and O–H groups in total. The number of hydrogen-bond acceptors (Lipinski definition) is 8. The van der Waals surface area contributed by atoms with Crippen LogP contribution in [0.2, 0.25) is 0 Å². The Labute approximate surface area is 233 Å². The molecule has 0 radical (unpaired) electrons. The van der Waals surface area contributed by atoms with Gasteiger partial charge in [0.15, 0.2) is 5.82 Å². The third kappa shape index (κ3) is 6.90. The van der Waals surface area contributed by atoms with E-state index in [0.717, 1.165) is 16.2 Å². The van der Waals surface area contributed by atoms with Crippen LogP contribution in [0.3, 0.4) is 0 Å². The third-order valence-electron chi connectivity index (χ3n) is 6.65. The SMILES string of the molecule is CCC1C=C(C)SC(c2ccnc(N[C@@H]3CNC[C@@H](F)C3)n2)=C1Oc1ccc(NS(=O)(=O)C(C)C)c(F)c1C. The molecule has 3 heterocycles. The molecule has 0 bridgehead atoms. The lowest BCUT2D eigenvalue weighted by molar-refractivity contribution is 0.254. The van der Waals surface area contributed by atoms with Gasteiger partial charge < -0.3 is 15.4 Å². The van der Waals surface area contributed by atoms with Crippen molar-refractivity contribution in [1.82, 2.24) is 15.3 Å². The zero-order chi connectivity index (χ0) is 28.3. The third-order valence-corrected chi connectivity index (χ3v) is 9.47. The molecule has 0 aliphatic carbocycles. The van der Waals surface area contributed by atoms with Crippen molar-refractivity contribution in [1.29, 1.82) is 0 Å². The number of piperidine rings is 1. The summed E-state index contributed by atoms with van der Waals surface area (Å²) in [7, 11) is -3.71. The maximum atomic E-state index is 15.3. The molecule has 8 nitrogen and oxygen atoms in total.